The number of amides is 1. The largest absolute Gasteiger partial charge is 0.480 e. The summed E-state index contributed by atoms with van der Waals surface area (Å²) < 4.78 is 2.25. The van der Waals surface area contributed by atoms with Crippen LogP contribution in [0.3, 0.4) is 0 Å². The molecule has 6 nitrogen and oxygen atoms in total. The fourth-order valence-corrected chi connectivity index (χ4v) is 3.67. The van der Waals surface area contributed by atoms with Crippen LogP contribution in [0.25, 0.3) is 21.8 Å². The van der Waals surface area contributed by atoms with Crippen molar-refractivity contribution >= 4 is 51.8 Å². The summed E-state index contributed by atoms with van der Waals surface area (Å²) in [6.07, 6.45) is 1.21. The molecule has 0 saturated heterocycles. The fraction of sp³-hybridized carbons (Fsp3) is 0.364. The van der Waals surface area contributed by atoms with Crippen LogP contribution in [0.4, 0.5) is 5.69 Å². The lowest BCUT2D eigenvalue weighted by molar-refractivity contribution is -0.140. The number of aromatic nitrogens is 1. The molecule has 2 aromatic carbocycles. The van der Waals surface area contributed by atoms with Crippen LogP contribution >= 0.6 is 12.4 Å². The van der Waals surface area contributed by atoms with Crippen LogP contribution in [-0.4, -0.2) is 33.6 Å². The summed E-state index contributed by atoms with van der Waals surface area (Å²) in [5.74, 6) is -1.18. The number of hydrogen-bond acceptors (Lipinski definition) is 3. The Morgan fingerprint density at radius 1 is 1.07 bits per heavy atom. The molecule has 3 N–H and O–H groups in total. The monoisotopic (exact) mass is 417 g/mol. The van der Waals surface area contributed by atoms with Gasteiger partial charge in [-0.1, -0.05) is 31.5 Å². The lowest BCUT2D eigenvalue weighted by Crippen LogP contribution is -2.47. The van der Waals surface area contributed by atoms with Gasteiger partial charge in [0.05, 0.1) is 6.04 Å². The number of para-hydroxylation sites is 1. The van der Waals surface area contributed by atoms with Crippen molar-refractivity contribution in [2.24, 2.45) is 0 Å². The summed E-state index contributed by atoms with van der Waals surface area (Å²) in [5.41, 5.74) is 3.00. The molecule has 29 heavy (non-hydrogen) atoms. The minimum atomic E-state index is -0.935. The quantitative estimate of drug-likeness (QED) is 0.507. The maximum absolute atomic E-state index is 12.6. The van der Waals surface area contributed by atoms with E-state index in [9.17, 15) is 14.7 Å². The Hall–Kier alpha value is -2.57. The van der Waals surface area contributed by atoms with Crippen LogP contribution < -0.4 is 10.6 Å². The van der Waals surface area contributed by atoms with Gasteiger partial charge < -0.3 is 15.0 Å². The average Bonchev–Trinajstić information content (AvgIpc) is 3.00. The second kappa shape index (κ2) is 9.76. The van der Waals surface area contributed by atoms with Crippen molar-refractivity contribution in [3.63, 3.8) is 0 Å². The Kier molecular flexibility index (Phi) is 7.65. The average molecular weight is 418 g/mol. The normalized spacial score (nSPS) is 13.1. The first-order valence-corrected chi connectivity index (χ1v) is 9.77. The number of carbonyl (C=O) groups is 2. The van der Waals surface area contributed by atoms with Crippen LogP contribution in [-0.2, 0) is 16.1 Å². The third-order valence-electron chi connectivity index (χ3n) is 5.08. The van der Waals surface area contributed by atoms with Crippen LogP contribution in [0.1, 0.15) is 33.6 Å². The minimum absolute atomic E-state index is 0. The summed E-state index contributed by atoms with van der Waals surface area (Å²) in [7, 11) is 0. The van der Waals surface area contributed by atoms with Gasteiger partial charge in [0.1, 0.15) is 6.04 Å². The van der Waals surface area contributed by atoms with Crippen molar-refractivity contribution in [3.05, 3.63) is 42.5 Å². The number of carboxylic acids is 1. The molecular formula is C22H28ClN3O3. The zero-order chi connectivity index (χ0) is 20.3. The van der Waals surface area contributed by atoms with E-state index >= 15 is 0 Å². The van der Waals surface area contributed by atoms with Gasteiger partial charge in [-0.15, -0.1) is 12.4 Å². The molecule has 0 saturated carbocycles. The summed E-state index contributed by atoms with van der Waals surface area (Å²) in [6.45, 7) is 6.58. The Balaban J connectivity index is 0.00000300. The Labute approximate surface area is 176 Å². The molecule has 3 aromatic rings. The van der Waals surface area contributed by atoms with Crippen LogP contribution in [0, 0.1) is 0 Å². The zero-order valence-electron chi connectivity index (χ0n) is 16.9. The van der Waals surface area contributed by atoms with Gasteiger partial charge in [0, 0.05) is 34.0 Å². The van der Waals surface area contributed by atoms with Gasteiger partial charge in [-0.05, 0) is 44.5 Å². The number of nitrogens with one attached hydrogen (secondary N) is 2. The number of anilines is 1. The van der Waals surface area contributed by atoms with Gasteiger partial charge in [0.15, 0.2) is 0 Å². The number of nitrogens with zero attached hydrogens (tertiary/aromatic N) is 1. The molecule has 3 rings (SSSR count). The van der Waals surface area contributed by atoms with E-state index in [0.29, 0.717) is 12.1 Å². The van der Waals surface area contributed by atoms with E-state index in [1.165, 1.54) is 5.52 Å². The Morgan fingerprint density at radius 2 is 1.76 bits per heavy atom. The molecular weight excluding hydrogens is 390 g/mol. The maximum atomic E-state index is 12.6. The third kappa shape index (κ3) is 4.71. The molecule has 1 aromatic heterocycles. The van der Waals surface area contributed by atoms with E-state index in [1.54, 1.807) is 6.92 Å². The van der Waals surface area contributed by atoms with Crippen LogP contribution in [0.15, 0.2) is 42.5 Å². The van der Waals surface area contributed by atoms with E-state index in [-0.39, 0.29) is 18.3 Å². The number of halogens is 1. The van der Waals surface area contributed by atoms with Gasteiger partial charge in [-0.25, -0.2) is 0 Å². The number of aliphatic carboxylic acids is 1. The second-order valence-electron chi connectivity index (χ2n) is 7.05. The number of hydrogen-bond donors (Lipinski definition) is 3. The molecule has 0 radical (unpaired) electrons. The van der Waals surface area contributed by atoms with Crippen molar-refractivity contribution in [2.75, 3.05) is 5.32 Å². The van der Waals surface area contributed by atoms with E-state index in [4.69, 9.17) is 0 Å². The number of benzene rings is 2. The van der Waals surface area contributed by atoms with E-state index in [1.807, 2.05) is 37.3 Å². The van der Waals surface area contributed by atoms with Crippen molar-refractivity contribution < 1.29 is 14.7 Å². The molecule has 2 atom stereocenters. The molecule has 0 fully saturated rings. The molecule has 0 aliphatic carbocycles. The molecule has 0 bridgehead atoms. The first kappa shape index (κ1) is 22.7. The van der Waals surface area contributed by atoms with Gasteiger partial charge in [-0.3, -0.25) is 14.9 Å². The highest BCUT2D eigenvalue weighted by Gasteiger charge is 2.22. The summed E-state index contributed by atoms with van der Waals surface area (Å²) in [4.78, 5) is 23.9. The van der Waals surface area contributed by atoms with Crippen LogP contribution in [0.2, 0.25) is 0 Å². The molecule has 0 aliphatic heterocycles. The zero-order valence-corrected chi connectivity index (χ0v) is 17.8. The minimum Gasteiger partial charge on any atom is -0.480 e. The Morgan fingerprint density at radius 3 is 2.41 bits per heavy atom. The lowest BCUT2D eigenvalue weighted by atomic mass is 10.1. The summed E-state index contributed by atoms with van der Waals surface area (Å²) >= 11 is 0. The number of fused-ring (bicyclic) bond motifs is 3. The Bertz CT molecular complexity index is 1020. The number of aryl methyl sites for hydroxylation is 1. The molecule has 2 unspecified atom stereocenters. The van der Waals surface area contributed by atoms with Gasteiger partial charge in [0.25, 0.3) is 0 Å². The molecule has 0 aliphatic rings. The fourth-order valence-electron chi connectivity index (χ4n) is 3.67. The molecule has 7 heteroatoms. The SMILES string of the molecule is CCCC(NC(C)C(=O)Nc1ccc2c(c1)c1ccccc1n2CC)C(=O)O.Cl. The number of rotatable bonds is 8. The van der Waals surface area contributed by atoms with Gasteiger partial charge in [-0.2, -0.15) is 0 Å². The van der Waals surface area contributed by atoms with Crippen molar-refractivity contribution in [2.45, 2.75) is 52.2 Å². The first-order chi connectivity index (χ1) is 13.5. The van der Waals surface area contributed by atoms with Crippen LogP contribution in [0.5, 0.6) is 0 Å². The topological polar surface area (TPSA) is 83.4 Å². The summed E-state index contributed by atoms with van der Waals surface area (Å²) in [5, 5.41) is 17.3. The third-order valence-corrected chi connectivity index (χ3v) is 5.08. The van der Waals surface area contributed by atoms with E-state index in [2.05, 4.69) is 34.3 Å². The second-order valence-corrected chi connectivity index (χ2v) is 7.05. The van der Waals surface area contributed by atoms with Gasteiger partial charge in [0.2, 0.25) is 5.91 Å². The van der Waals surface area contributed by atoms with Crippen molar-refractivity contribution in [1.82, 2.24) is 9.88 Å². The van der Waals surface area contributed by atoms with Crippen molar-refractivity contribution in [3.8, 4) is 0 Å². The molecule has 1 amide bonds. The summed E-state index contributed by atoms with van der Waals surface area (Å²) in [6, 6.07) is 12.8. The highest BCUT2D eigenvalue weighted by atomic mass is 35.5. The lowest BCUT2D eigenvalue weighted by Gasteiger charge is -2.19. The smallest absolute Gasteiger partial charge is 0.320 e. The van der Waals surface area contributed by atoms with Crippen molar-refractivity contribution in [1.29, 1.82) is 0 Å². The highest BCUT2D eigenvalue weighted by Crippen LogP contribution is 2.31. The molecule has 156 valence electrons. The van der Waals surface area contributed by atoms with E-state index in [0.717, 1.165) is 29.3 Å². The number of carboxylic acid groups (broad SMARTS) is 1. The first-order valence-electron chi connectivity index (χ1n) is 9.77. The highest BCUT2D eigenvalue weighted by molar-refractivity contribution is 6.10. The predicted molar refractivity (Wildman–Crippen MR) is 120 cm³/mol. The van der Waals surface area contributed by atoms with Gasteiger partial charge >= 0.3 is 5.97 Å². The maximum Gasteiger partial charge on any atom is 0.320 e. The molecule has 0 spiro atoms. The standard InChI is InChI=1S/C22H27N3O3.ClH/c1-4-8-18(22(27)28)23-14(3)21(26)24-15-11-12-20-17(13-15)16-9-6-7-10-19(16)25(20)5-2;/h6-7,9-14,18,23H,4-5,8H2,1-3H3,(H,24,26)(H,27,28);1H. The van der Waals surface area contributed by atoms with E-state index < -0.39 is 18.1 Å². The molecule has 1 heterocycles. The predicted octanol–water partition coefficient (Wildman–Crippen LogP) is 4.41. The number of carbonyl (C=O) groups excluding carboxylic acids is 1.